The van der Waals surface area contributed by atoms with Crippen LogP contribution < -0.4 is 0 Å². The van der Waals surface area contributed by atoms with Gasteiger partial charge in [-0.05, 0) is 41.6 Å². The Bertz CT molecular complexity index is 310. The molecule has 0 fully saturated rings. The SMILES string of the molecule is CCn1ncc(Br)c1CCC(O)C(C)C. The highest BCUT2D eigenvalue weighted by Crippen LogP contribution is 2.19. The molecular formula is C11H19BrN2O. The minimum absolute atomic E-state index is 0.225. The molecule has 0 aliphatic rings. The van der Waals surface area contributed by atoms with Gasteiger partial charge in [-0.3, -0.25) is 4.68 Å². The average Bonchev–Trinajstić information content (AvgIpc) is 2.55. The van der Waals surface area contributed by atoms with Crippen molar-refractivity contribution in [2.75, 3.05) is 0 Å². The van der Waals surface area contributed by atoms with Crippen molar-refractivity contribution in [2.24, 2.45) is 5.92 Å². The third-order valence-corrected chi connectivity index (χ3v) is 3.31. The van der Waals surface area contributed by atoms with Gasteiger partial charge in [-0.2, -0.15) is 5.10 Å². The van der Waals surface area contributed by atoms with Crippen LogP contribution in [0, 0.1) is 5.92 Å². The van der Waals surface area contributed by atoms with Crippen LogP contribution in [0.1, 0.15) is 32.9 Å². The van der Waals surface area contributed by atoms with E-state index in [1.165, 1.54) is 5.69 Å². The largest absolute Gasteiger partial charge is 0.393 e. The third-order valence-electron chi connectivity index (χ3n) is 2.64. The van der Waals surface area contributed by atoms with Gasteiger partial charge in [0.2, 0.25) is 0 Å². The quantitative estimate of drug-likeness (QED) is 0.897. The molecule has 1 heterocycles. The number of aromatic nitrogens is 2. The lowest BCUT2D eigenvalue weighted by Gasteiger charge is -2.14. The normalized spacial score (nSPS) is 13.5. The van der Waals surface area contributed by atoms with Gasteiger partial charge in [-0.15, -0.1) is 0 Å². The van der Waals surface area contributed by atoms with Gasteiger partial charge >= 0.3 is 0 Å². The van der Waals surface area contributed by atoms with Crippen LogP contribution in [0.25, 0.3) is 0 Å². The van der Waals surface area contributed by atoms with Crippen LogP contribution in [-0.4, -0.2) is 21.0 Å². The Morgan fingerprint density at radius 3 is 2.73 bits per heavy atom. The number of aliphatic hydroxyl groups excluding tert-OH is 1. The maximum atomic E-state index is 9.73. The van der Waals surface area contributed by atoms with E-state index >= 15 is 0 Å². The molecular weight excluding hydrogens is 256 g/mol. The van der Waals surface area contributed by atoms with E-state index in [-0.39, 0.29) is 6.10 Å². The molecule has 1 aromatic rings. The zero-order valence-electron chi connectivity index (χ0n) is 9.57. The van der Waals surface area contributed by atoms with E-state index in [1.807, 2.05) is 24.7 Å². The Labute approximate surface area is 99.6 Å². The predicted octanol–water partition coefficient (Wildman–Crippen LogP) is 2.62. The lowest BCUT2D eigenvalue weighted by Crippen LogP contribution is -2.16. The van der Waals surface area contributed by atoms with Crippen LogP contribution in [0.5, 0.6) is 0 Å². The van der Waals surface area contributed by atoms with Crippen molar-refractivity contribution in [3.8, 4) is 0 Å². The van der Waals surface area contributed by atoms with Crippen LogP contribution in [0.4, 0.5) is 0 Å². The van der Waals surface area contributed by atoms with Gasteiger partial charge in [0, 0.05) is 6.54 Å². The van der Waals surface area contributed by atoms with Crippen LogP contribution in [-0.2, 0) is 13.0 Å². The molecule has 0 spiro atoms. The van der Waals surface area contributed by atoms with E-state index in [2.05, 4.69) is 28.0 Å². The zero-order chi connectivity index (χ0) is 11.4. The van der Waals surface area contributed by atoms with Crippen LogP contribution in [0.15, 0.2) is 10.7 Å². The second kappa shape index (κ2) is 5.66. The molecule has 0 aliphatic carbocycles. The third kappa shape index (κ3) is 3.31. The van der Waals surface area contributed by atoms with Crippen molar-refractivity contribution < 1.29 is 5.11 Å². The molecule has 0 saturated carbocycles. The van der Waals surface area contributed by atoms with Gasteiger partial charge in [0.1, 0.15) is 0 Å². The maximum Gasteiger partial charge on any atom is 0.0635 e. The minimum atomic E-state index is -0.225. The Kier molecular flexibility index (Phi) is 4.80. The van der Waals surface area contributed by atoms with E-state index < -0.39 is 0 Å². The Morgan fingerprint density at radius 1 is 1.53 bits per heavy atom. The van der Waals surface area contributed by atoms with Gasteiger partial charge in [0.15, 0.2) is 0 Å². The first kappa shape index (κ1) is 12.7. The molecule has 0 bridgehead atoms. The van der Waals surface area contributed by atoms with E-state index in [0.717, 1.165) is 23.9 Å². The smallest absolute Gasteiger partial charge is 0.0635 e. The standard InChI is InChI=1S/C11H19BrN2O/c1-4-14-10(9(12)7-13-14)5-6-11(15)8(2)3/h7-8,11,15H,4-6H2,1-3H3. The molecule has 1 rings (SSSR count). The highest BCUT2D eigenvalue weighted by Gasteiger charge is 2.13. The first-order valence-corrected chi connectivity index (χ1v) is 6.23. The highest BCUT2D eigenvalue weighted by atomic mass is 79.9. The first-order chi connectivity index (χ1) is 7.06. The summed E-state index contributed by atoms with van der Waals surface area (Å²) >= 11 is 3.48. The van der Waals surface area contributed by atoms with Gasteiger partial charge in [-0.25, -0.2) is 0 Å². The Hall–Kier alpha value is -0.350. The second-order valence-corrected chi connectivity index (χ2v) is 4.96. The van der Waals surface area contributed by atoms with E-state index in [9.17, 15) is 5.11 Å². The van der Waals surface area contributed by atoms with Gasteiger partial charge in [0.05, 0.1) is 22.5 Å². The van der Waals surface area contributed by atoms with Crippen molar-refractivity contribution in [1.29, 1.82) is 0 Å². The van der Waals surface area contributed by atoms with Gasteiger partial charge in [0.25, 0.3) is 0 Å². The number of halogens is 1. The lowest BCUT2D eigenvalue weighted by atomic mass is 10.0. The summed E-state index contributed by atoms with van der Waals surface area (Å²) in [5.41, 5.74) is 1.18. The van der Waals surface area contributed by atoms with Crippen molar-refractivity contribution >= 4 is 15.9 Å². The number of rotatable bonds is 5. The fourth-order valence-corrected chi connectivity index (χ4v) is 2.02. The summed E-state index contributed by atoms with van der Waals surface area (Å²) in [5, 5.41) is 14.0. The topological polar surface area (TPSA) is 38.0 Å². The highest BCUT2D eigenvalue weighted by molar-refractivity contribution is 9.10. The molecule has 1 atom stereocenters. The fourth-order valence-electron chi connectivity index (χ4n) is 1.53. The second-order valence-electron chi connectivity index (χ2n) is 4.11. The van der Waals surface area contributed by atoms with Crippen LogP contribution in [0.3, 0.4) is 0 Å². The Morgan fingerprint density at radius 2 is 2.20 bits per heavy atom. The molecule has 0 saturated heterocycles. The molecule has 3 nitrogen and oxygen atoms in total. The van der Waals surface area contributed by atoms with Crippen molar-refractivity contribution in [3.63, 3.8) is 0 Å². The molecule has 4 heteroatoms. The monoisotopic (exact) mass is 274 g/mol. The molecule has 15 heavy (non-hydrogen) atoms. The summed E-state index contributed by atoms with van der Waals surface area (Å²) < 4.78 is 3.01. The van der Waals surface area contributed by atoms with Crippen LogP contribution >= 0.6 is 15.9 Å². The molecule has 86 valence electrons. The molecule has 0 aliphatic heterocycles. The molecule has 0 radical (unpaired) electrons. The van der Waals surface area contributed by atoms with Crippen molar-refractivity contribution in [1.82, 2.24) is 9.78 Å². The van der Waals surface area contributed by atoms with Crippen LogP contribution in [0.2, 0.25) is 0 Å². The maximum absolute atomic E-state index is 9.73. The Balaban J connectivity index is 2.60. The summed E-state index contributed by atoms with van der Waals surface area (Å²) in [7, 11) is 0. The van der Waals surface area contributed by atoms with Gasteiger partial charge < -0.3 is 5.11 Å². The summed E-state index contributed by atoms with van der Waals surface area (Å²) in [5.74, 6) is 0.321. The molecule has 0 aromatic carbocycles. The van der Waals surface area contributed by atoms with E-state index in [4.69, 9.17) is 0 Å². The van der Waals surface area contributed by atoms with Crippen molar-refractivity contribution in [3.05, 3.63) is 16.4 Å². The zero-order valence-corrected chi connectivity index (χ0v) is 11.2. The van der Waals surface area contributed by atoms with E-state index in [0.29, 0.717) is 5.92 Å². The minimum Gasteiger partial charge on any atom is -0.393 e. The van der Waals surface area contributed by atoms with Gasteiger partial charge in [-0.1, -0.05) is 13.8 Å². The molecule has 0 amide bonds. The summed E-state index contributed by atoms with van der Waals surface area (Å²) in [6, 6.07) is 0. The average molecular weight is 275 g/mol. The molecule has 1 unspecified atom stereocenters. The number of aliphatic hydroxyl groups is 1. The predicted molar refractivity (Wildman–Crippen MR) is 64.8 cm³/mol. The fraction of sp³-hybridized carbons (Fsp3) is 0.727. The van der Waals surface area contributed by atoms with Crippen molar-refractivity contribution in [2.45, 2.75) is 46.3 Å². The number of hydrogen-bond donors (Lipinski definition) is 1. The molecule has 1 aromatic heterocycles. The summed E-state index contributed by atoms with van der Waals surface area (Å²) in [4.78, 5) is 0. The molecule has 1 N–H and O–H groups in total. The number of nitrogens with zero attached hydrogens (tertiary/aromatic N) is 2. The van der Waals surface area contributed by atoms with E-state index in [1.54, 1.807) is 0 Å². The summed E-state index contributed by atoms with van der Waals surface area (Å²) in [6.07, 6.45) is 3.26. The summed E-state index contributed by atoms with van der Waals surface area (Å²) in [6.45, 7) is 7.02. The number of aryl methyl sites for hydroxylation is 1. The number of hydrogen-bond acceptors (Lipinski definition) is 2. The lowest BCUT2D eigenvalue weighted by molar-refractivity contribution is 0.116. The first-order valence-electron chi connectivity index (χ1n) is 5.44.